The molecule has 1 aliphatic heterocycles. The highest BCUT2D eigenvalue weighted by molar-refractivity contribution is 9.10. The maximum absolute atomic E-state index is 14.1. The van der Waals surface area contributed by atoms with Gasteiger partial charge in [-0.2, -0.15) is 0 Å². The molecule has 1 saturated carbocycles. The fourth-order valence-electron chi connectivity index (χ4n) is 2.25. The number of hydrogen-bond acceptors (Lipinski definition) is 3. The average Bonchev–Trinajstić information content (AvgIpc) is 3.10. The highest BCUT2D eigenvalue weighted by Crippen LogP contribution is 2.55. The lowest BCUT2D eigenvalue weighted by Gasteiger charge is -2.23. The van der Waals surface area contributed by atoms with Crippen molar-refractivity contribution >= 4 is 21.9 Å². The van der Waals surface area contributed by atoms with Gasteiger partial charge in [-0.15, -0.1) is 0 Å². The summed E-state index contributed by atoms with van der Waals surface area (Å²) in [6.45, 7) is 0.735. The molecule has 0 amide bonds. The van der Waals surface area contributed by atoms with Crippen LogP contribution in [0.3, 0.4) is 0 Å². The Hall–Kier alpha value is -1.30. The van der Waals surface area contributed by atoms with E-state index < -0.39 is 17.2 Å². The van der Waals surface area contributed by atoms with Gasteiger partial charge in [0, 0.05) is 11.6 Å². The zero-order chi connectivity index (χ0) is 12.9. The second-order valence-corrected chi connectivity index (χ2v) is 5.25. The standard InChI is InChI=1S/C12H10BrFO4/c13-9-8(12(1-2-12)11(15)16)6(14)5-7-10(9)18-4-3-17-7/h5H,1-4H2,(H,15,16). The van der Waals surface area contributed by atoms with E-state index in [0.29, 0.717) is 42.0 Å². The van der Waals surface area contributed by atoms with Gasteiger partial charge in [-0.1, -0.05) is 0 Å². The molecule has 1 aromatic rings. The molecule has 0 bridgehead atoms. The van der Waals surface area contributed by atoms with Crippen LogP contribution < -0.4 is 9.47 Å². The number of carboxylic acids is 1. The second-order valence-electron chi connectivity index (χ2n) is 4.46. The molecule has 18 heavy (non-hydrogen) atoms. The summed E-state index contributed by atoms with van der Waals surface area (Å²) < 4.78 is 25.2. The van der Waals surface area contributed by atoms with Crippen LogP contribution in [0.15, 0.2) is 10.5 Å². The Labute approximate surface area is 111 Å². The number of carboxylic acid groups (broad SMARTS) is 1. The van der Waals surface area contributed by atoms with Crippen molar-refractivity contribution in [2.45, 2.75) is 18.3 Å². The third-order valence-corrected chi connectivity index (χ3v) is 4.12. The molecule has 2 aliphatic rings. The van der Waals surface area contributed by atoms with Crippen molar-refractivity contribution in [3.05, 3.63) is 21.9 Å². The number of carbonyl (C=O) groups is 1. The van der Waals surface area contributed by atoms with E-state index >= 15 is 0 Å². The molecule has 0 saturated heterocycles. The maximum atomic E-state index is 14.1. The van der Waals surface area contributed by atoms with Crippen LogP contribution >= 0.6 is 15.9 Å². The van der Waals surface area contributed by atoms with E-state index in [1.54, 1.807) is 0 Å². The molecular formula is C12H10BrFO4. The Kier molecular flexibility index (Phi) is 2.52. The van der Waals surface area contributed by atoms with Gasteiger partial charge in [0.1, 0.15) is 19.0 Å². The highest BCUT2D eigenvalue weighted by atomic mass is 79.9. The smallest absolute Gasteiger partial charge is 0.314 e. The highest BCUT2D eigenvalue weighted by Gasteiger charge is 2.55. The molecule has 1 aromatic carbocycles. The summed E-state index contributed by atoms with van der Waals surface area (Å²) in [6.07, 6.45) is 0.884. The molecule has 4 nitrogen and oxygen atoms in total. The zero-order valence-electron chi connectivity index (χ0n) is 9.33. The van der Waals surface area contributed by atoms with E-state index in [-0.39, 0.29) is 5.56 Å². The number of rotatable bonds is 2. The van der Waals surface area contributed by atoms with Gasteiger partial charge in [0.15, 0.2) is 11.5 Å². The lowest BCUT2D eigenvalue weighted by Crippen LogP contribution is -2.23. The molecule has 0 unspecified atom stereocenters. The molecule has 0 spiro atoms. The number of fused-ring (bicyclic) bond motifs is 1. The van der Waals surface area contributed by atoms with Crippen molar-refractivity contribution < 1.29 is 23.8 Å². The largest absolute Gasteiger partial charge is 0.486 e. The molecule has 96 valence electrons. The number of benzene rings is 1. The third-order valence-electron chi connectivity index (χ3n) is 3.36. The predicted octanol–water partition coefficient (Wildman–Crippen LogP) is 2.48. The first-order valence-corrected chi connectivity index (χ1v) is 6.37. The van der Waals surface area contributed by atoms with Crippen LogP contribution in [0.2, 0.25) is 0 Å². The molecule has 0 aromatic heterocycles. The topological polar surface area (TPSA) is 55.8 Å². The van der Waals surface area contributed by atoms with Gasteiger partial charge < -0.3 is 14.6 Å². The van der Waals surface area contributed by atoms with E-state index in [4.69, 9.17) is 9.47 Å². The SMILES string of the molecule is O=C(O)C1(c2c(F)cc3c(c2Br)OCCO3)CC1. The van der Waals surface area contributed by atoms with E-state index in [1.165, 1.54) is 6.07 Å². The van der Waals surface area contributed by atoms with Crippen molar-refractivity contribution in [1.29, 1.82) is 0 Å². The molecule has 3 rings (SSSR count). The Morgan fingerprint density at radius 2 is 2.06 bits per heavy atom. The van der Waals surface area contributed by atoms with Crippen LogP contribution in [0.4, 0.5) is 4.39 Å². The first-order valence-electron chi connectivity index (χ1n) is 5.58. The second kappa shape index (κ2) is 3.85. The molecular weight excluding hydrogens is 307 g/mol. The number of hydrogen-bond donors (Lipinski definition) is 1. The Balaban J connectivity index is 2.19. The minimum absolute atomic E-state index is 0.166. The predicted molar refractivity (Wildman–Crippen MR) is 63.6 cm³/mol. The maximum Gasteiger partial charge on any atom is 0.314 e. The summed E-state index contributed by atoms with van der Waals surface area (Å²) >= 11 is 3.25. The van der Waals surface area contributed by atoms with Gasteiger partial charge in [-0.3, -0.25) is 4.79 Å². The van der Waals surface area contributed by atoms with E-state index in [9.17, 15) is 14.3 Å². The monoisotopic (exact) mass is 316 g/mol. The van der Waals surface area contributed by atoms with Crippen molar-refractivity contribution in [3.63, 3.8) is 0 Å². The van der Waals surface area contributed by atoms with Gasteiger partial charge in [0.05, 0.1) is 9.89 Å². The number of ether oxygens (including phenoxy) is 2. The fraction of sp³-hybridized carbons (Fsp3) is 0.417. The molecule has 0 atom stereocenters. The zero-order valence-corrected chi connectivity index (χ0v) is 10.9. The van der Waals surface area contributed by atoms with Crippen molar-refractivity contribution in [3.8, 4) is 11.5 Å². The average molecular weight is 317 g/mol. The summed E-state index contributed by atoms with van der Waals surface area (Å²) in [6, 6.07) is 1.21. The fourth-order valence-corrected chi connectivity index (χ4v) is 3.13. The van der Waals surface area contributed by atoms with Gasteiger partial charge in [0.2, 0.25) is 0 Å². The summed E-state index contributed by atoms with van der Waals surface area (Å²) in [5.41, 5.74) is -0.946. The van der Waals surface area contributed by atoms with Crippen LogP contribution in [0.5, 0.6) is 11.5 Å². The molecule has 6 heteroatoms. The van der Waals surface area contributed by atoms with Crippen molar-refractivity contribution in [1.82, 2.24) is 0 Å². The van der Waals surface area contributed by atoms with E-state index in [0.717, 1.165) is 0 Å². The molecule has 1 heterocycles. The van der Waals surface area contributed by atoms with Gasteiger partial charge in [-0.05, 0) is 28.8 Å². The summed E-state index contributed by atoms with van der Waals surface area (Å²) in [5, 5.41) is 9.25. The molecule has 0 radical (unpaired) electrons. The van der Waals surface area contributed by atoms with Crippen LogP contribution in [-0.4, -0.2) is 24.3 Å². The van der Waals surface area contributed by atoms with Crippen LogP contribution in [0, 0.1) is 5.82 Å². The van der Waals surface area contributed by atoms with Gasteiger partial charge >= 0.3 is 5.97 Å². The summed E-state index contributed by atoms with van der Waals surface area (Å²) in [4.78, 5) is 11.3. The van der Waals surface area contributed by atoms with Crippen molar-refractivity contribution in [2.24, 2.45) is 0 Å². The summed E-state index contributed by atoms with van der Waals surface area (Å²) in [5.74, 6) is -0.856. The van der Waals surface area contributed by atoms with Crippen LogP contribution in [0.1, 0.15) is 18.4 Å². The Bertz CT molecular complexity index is 539. The van der Waals surface area contributed by atoms with Crippen LogP contribution in [0.25, 0.3) is 0 Å². The van der Waals surface area contributed by atoms with E-state index in [2.05, 4.69) is 15.9 Å². The first kappa shape index (κ1) is 11.8. The normalized spacial score (nSPS) is 19.4. The minimum Gasteiger partial charge on any atom is -0.486 e. The lowest BCUT2D eigenvalue weighted by atomic mass is 9.95. The molecule has 1 fully saturated rings. The lowest BCUT2D eigenvalue weighted by molar-refractivity contribution is -0.140. The van der Waals surface area contributed by atoms with Crippen LogP contribution in [-0.2, 0) is 10.2 Å². The Morgan fingerprint density at radius 1 is 1.39 bits per heavy atom. The number of aliphatic carboxylic acids is 1. The molecule has 1 N–H and O–H groups in total. The first-order chi connectivity index (χ1) is 8.56. The third kappa shape index (κ3) is 1.51. The number of halogens is 2. The van der Waals surface area contributed by atoms with Gasteiger partial charge in [0.25, 0.3) is 0 Å². The minimum atomic E-state index is -1.11. The Morgan fingerprint density at radius 3 is 2.67 bits per heavy atom. The molecule has 1 aliphatic carbocycles. The summed E-state index contributed by atoms with van der Waals surface area (Å²) in [7, 11) is 0. The van der Waals surface area contributed by atoms with E-state index in [1.807, 2.05) is 0 Å². The quantitative estimate of drug-likeness (QED) is 0.910. The van der Waals surface area contributed by atoms with Crippen molar-refractivity contribution in [2.75, 3.05) is 13.2 Å². The van der Waals surface area contributed by atoms with Gasteiger partial charge in [-0.25, -0.2) is 4.39 Å².